The average Bonchev–Trinajstić information content (AvgIpc) is 2.89. The lowest BCUT2D eigenvalue weighted by molar-refractivity contribution is -0.121. The molecular weight excluding hydrogens is 316 g/mol. The standard InChI is InChI=1S/C16H24N2O4S/c1-23(21,22)18-15-4-2-3-13(15)11-17-16(20)10-7-12-5-8-14(19)9-6-12/h5-6,8-9,13,15,18-19H,2-4,7,10-11H2,1H3,(H,17,20)/t13-,15-/m0/s1. The largest absolute Gasteiger partial charge is 0.508 e. The summed E-state index contributed by atoms with van der Waals surface area (Å²) in [6, 6.07) is 6.72. The number of amides is 1. The van der Waals surface area contributed by atoms with Crippen molar-refractivity contribution in [3.05, 3.63) is 29.8 Å². The van der Waals surface area contributed by atoms with Crippen LogP contribution in [0, 0.1) is 5.92 Å². The van der Waals surface area contributed by atoms with Crippen molar-refractivity contribution >= 4 is 15.9 Å². The molecule has 0 radical (unpaired) electrons. The molecule has 7 heteroatoms. The summed E-state index contributed by atoms with van der Waals surface area (Å²) in [5.74, 6) is 0.328. The molecule has 0 aliphatic heterocycles. The number of phenols is 1. The Hall–Kier alpha value is -1.60. The van der Waals surface area contributed by atoms with Crippen molar-refractivity contribution in [3.63, 3.8) is 0 Å². The van der Waals surface area contributed by atoms with E-state index in [1.807, 2.05) is 0 Å². The third-order valence-corrected chi connectivity index (χ3v) is 4.89. The van der Waals surface area contributed by atoms with E-state index in [2.05, 4.69) is 10.0 Å². The molecule has 1 aromatic carbocycles. The molecule has 2 atom stereocenters. The Morgan fingerprint density at radius 3 is 2.61 bits per heavy atom. The Morgan fingerprint density at radius 2 is 1.96 bits per heavy atom. The Kier molecular flexibility index (Phi) is 6.01. The number of aromatic hydroxyl groups is 1. The molecule has 6 nitrogen and oxygen atoms in total. The van der Waals surface area contributed by atoms with Gasteiger partial charge in [-0.15, -0.1) is 0 Å². The van der Waals surface area contributed by atoms with Crippen LogP contribution in [0.3, 0.4) is 0 Å². The molecule has 2 rings (SSSR count). The molecular formula is C16H24N2O4S. The predicted molar refractivity (Wildman–Crippen MR) is 88.5 cm³/mol. The minimum Gasteiger partial charge on any atom is -0.508 e. The lowest BCUT2D eigenvalue weighted by Crippen LogP contribution is -2.41. The van der Waals surface area contributed by atoms with Gasteiger partial charge in [-0.25, -0.2) is 13.1 Å². The number of carbonyl (C=O) groups is 1. The maximum atomic E-state index is 11.9. The second kappa shape index (κ2) is 7.79. The van der Waals surface area contributed by atoms with Gasteiger partial charge in [0.1, 0.15) is 5.75 Å². The van der Waals surface area contributed by atoms with E-state index < -0.39 is 10.0 Å². The lowest BCUT2D eigenvalue weighted by atomic mass is 10.0. The van der Waals surface area contributed by atoms with Crippen molar-refractivity contribution in [2.24, 2.45) is 5.92 Å². The second-order valence-electron chi connectivity index (χ2n) is 6.16. The van der Waals surface area contributed by atoms with Gasteiger partial charge >= 0.3 is 0 Å². The molecule has 1 amide bonds. The molecule has 1 aromatic rings. The molecule has 128 valence electrons. The quantitative estimate of drug-likeness (QED) is 0.694. The summed E-state index contributed by atoms with van der Waals surface area (Å²) in [4.78, 5) is 11.9. The fourth-order valence-electron chi connectivity index (χ4n) is 2.97. The highest BCUT2D eigenvalue weighted by molar-refractivity contribution is 7.88. The molecule has 0 aromatic heterocycles. The molecule has 0 bridgehead atoms. The van der Waals surface area contributed by atoms with Gasteiger partial charge in [-0.3, -0.25) is 4.79 Å². The highest BCUT2D eigenvalue weighted by Gasteiger charge is 2.29. The first-order valence-corrected chi connectivity index (χ1v) is 9.74. The van der Waals surface area contributed by atoms with E-state index in [1.54, 1.807) is 24.3 Å². The Morgan fingerprint density at radius 1 is 1.26 bits per heavy atom. The van der Waals surface area contributed by atoms with Gasteiger partial charge in [0.05, 0.1) is 6.26 Å². The van der Waals surface area contributed by atoms with Crippen LogP contribution in [0.25, 0.3) is 0 Å². The van der Waals surface area contributed by atoms with Crippen LogP contribution in [0.4, 0.5) is 0 Å². The Labute approximate surface area is 137 Å². The van der Waals surface area contributed by atoms with Crippen LogP contribution >= 0.6 is 0 Å². The van der Waals surface area contributed by atoms with E-state index in [-0.39, 0.29) is 23.6 Å². The smallest absolute Gasteiger partial charge is 0.220 e. The lowest BCUT2D eigenvalue weighted by Gasteiger charge is -2.20. The Bertz CT molecular complexity index is 628. The fourth-order valence-corrected chi connectivity index (χ4v) is 3.83. The van der Waals surface area contributed by atoms with Gasteiger partial charge < -0.3 is 10.4 Å². The SMILES string of the molecule is CS(=O)(=O)N[C@H]1CCC[C@H]1CNC(=O)CCc1ccc(O)cc1. The molecule has 3 N–H and O–H groups in total. The summed E-state index contributed by atoms with van der Waals surface area (Å²) >= 11 is 0. The van der Waals surface area contributed by atoms with Crippen LogP contribution in [-0.4, -0.2) is 38.3 Å². The number of nitrogens with one attached hydrogen (secondary N) is 2. The molecule has 1 aliphatic carbocycles. The number of aryl methyl sites for hydroxylation is 1. The van der Waals surface area contributed by atoms with Gasteiger partial charge in [0.2, 0.25) is 15.9 Å². The van der Waals surface area contributed by atoms with E-state index >= 15 is 0 Å². The maximum Gasteiger partial charge on any atom is 0.220 e. The molecule has 0 saturated heterocycles. The van der Waals surface area contributed by atoms with E-state index in [9.17, 15) is 18.3 Å². The number of carbonyl (C=O) groups excluding carboxylic acids is 1. The summed E-state index contributed by atoms with van der Waals surface area (Å²) in [5, 5.41) is 12.1. The van der Waals surface area contributed by atoms with Crippen LogP contribution in [0.15, 0.2) is 24.3 Å². The molecule has 23 heavy (non-hydrogen) atoms. The summed E-state index contributed by atoms with van der Waals surface area (Å²) < 4.78 is 25.3. The predicted octanol–water partition coefficient (Wildman–Crippen LogP) is 1.16. The number of benzene rings is 1. The van der Waals surface area contributed by atoms with E-state index in [4.69, 9.17) is 0 Å². The molecule has 1 saturated carbocycles. The topological polar surface area (TPSA) is 95.5 Å². The zero-order chi connectivity index (χ0) is 16.9. The monoisotopic (exact) mass is 340 g/mol. The van der Waals surface area contributed by atoms with Gasteiger partial charge in [-0.1, -0.05) is 18.6 Å². The van der Waals surface area contributed by atoms with E-state index in [0.29, 0.717) is 19.4 Å². The average molecular weight is 340 g/mol. The highest BCUT2D eigenvalue weighted by atomic mass is 32.2. The van der Waals surface area contributed by atoms with Gasteiger partial charge in [-0.05, 0) is 42.9 Å². The number of sulfonamides is 1. The zero-order valence-corrected chi connectivity index (χ0v) is 14.1. The summed E-state index contributed by atoms with van der Waals surface area (Å²) in [5.41, 5.74) is 0.996. The highest BCUT2D eigenvalue weighted by Crippen LogP contribution is 2.25. The molecule has 1 fully saturated rings. The number of hydrogen-bond acceptors (Lipinski definition) is 4. The minimum atomic E-state index is -3.21. The third kappa shape index (κ3) is 6.19. The second-order valence-corrected chi connectivity index (χ2v) is 7.94. The van der Waals surface area contributed by atoms with Crippen molar-refractivity contribution < 1.29 is 18.3 Å². The van der Waals surface area contributed by atoms with Gasteiger partial charge in [0.25, 0.3) is 0 Å². The van der Waals surface area contributed by atoms with Crippen molar-refractivity contribution in [2.75, 3.05) is 12.8 Å². The molecule has 0 spiro atoms. The normalized spacial score (nSPS) is 21.3. The van der Waals surface area contributed by atoms with Crippen LogP contribution in [0.1, 0.15) is 31.2 Å². The first-order valence-electron chi connectivity index (χ1n) is 7.85. The number of phenolic OH excluding ortho intramolecular Hbond substituents is 1. The van der Waals surface area contributed by atoms with Crippen LogP contribution in [-0.2, 0) is 21.2 Å². The Balaban J connectivity index is 1.74. The minimum absolute atomic E-state index is 0.0388. The summed E-state index contributed by atoms with van der Waals surface area (Å²) in [6.07, 6.45) is 4.87. The zero-order valence-electron chi connectivity index (χ0n) is 13.3. The van der Waals surface area contributed by atoms with Crippen molar-refractivity contribution in [3.8, 4) is 5.75 Å². The summed E-state index contributed by atoms with van der Waals surface area (Å²) in [6.45, 7) is 0.502. The molecule has 0 heterocycles. The van der Waals surface area contributed by atoms with Crippen LogP contribution < -0.4 is 10.0 Å². The summed E-state index contributed by atoms with van der Waals surface area (Å²) in [7, 11) is -3.21. The molecule has 0 unspecified atom stereocenters. The maximum absolute atomic E-state index is 11.9. The number of rotatable bonds is 7. The third-order valence-electron chi connectivity index (χ3n) is 4.16. The van der Waals surface area contributed by atoms with Gasteiger partial charge in [-0.2, -0.15) is 0 Å². The first-order chi connectivity index (χ1) is 10.8. The van der Waals surface area contributed by atoms with Gasteiger partial charge in [0, 0.05) is 19.0 Å². The van der Waals surface area contributed by atoms with E-state index in [0.717, 1.165) is 24.8 Å². The molecule has 1 aliphatic rings. The van der Waals surface area contributed by atoms with Crippen molar-refractivity contribution in [1.29, 1.82) is 0 Å². The number of hydrogen-bond donors (Lipinski definition) is 3. The van der Waals surface area contributed by atoms with Crippen LogP contribution in [0.5, 0.6) is 5.75 Å². The van der Waals surface area contributed by atoms with E-state index in [1.165, 1.54) is 6.26 Å². The van der Waals surface area contributed by atoms with Crippen molar-refractivity contribution in [2.45, 2.75) is 38.1 Å². The van der Waals surface area contributed by atoms with Crippen LogP contribution in [0.2, 0.25) is 0 Å². The van der Waals surface area contributed by atoms with Crippen molar-refractivity contribution in [1.82, 2.24) is 10.0 Å². The van der Waals surface area contributed by atoms with Gasteiger partial charge in [0.15, 0.2) is 0 Å². The first kappa shape index (κ1) is 17.7. The fraction of sp³-hybridized carbons (Fsp3) is 0.562.